The van der Waals surface area contributed by atoms with Crippen LogP contribution in [-0.2, 0) is 19.4 Å². The predicted molar refractivity (Wildman–Crippen MR) is 111 cm³/mol. The predicted octanol–water partition coefficient (Wildman–Crippen LogP) is 3.44. The molecule has 152 valence electrons. The second-order valence-electron chi connectivity index (χ2n) is 8.38. The van der Waals surface area contributed by atoms with Crippen LogP contribution in [0.25, 0.3) is 0 Å². The van der Waals surface area contributed by atoms with Crippen LogP contribution in [-0.4, -0.2) is 45.9 Å². The standard InChI is InChI=1S/C23H28N4O2/c28-22(25-13-6-1-2-7-14-25)20-19-11-5-8-15-26(19)21(24-20)23(29)27-16-12-17-9-3-4-10-18(17)27/h3-4,9-10H,1-2,5-8,11-16H2. The first kappa shape index (κ1) is 18.4. The molecule has 4 heterocycles. The Morgan fingerprint density at radius 2 is 1.55 bits per heavy atom. The van der Waals surface area contributed by atoms with Gasteiger partial charge in [0.05, 0.1) is 5.69 Å². The van der Waals surface area contributed by atoms with E-state index in [9.17, 15) is 9.59 Å². The molecule has 2 aromatic rings. The van der Waals surface area contributed by atoms with Gasteiger partial charge in [0.1, 0.15) is 5.69 Å². The van der Waals surface area contributed by atoms with Gasteiger partial charge in [-0.2, -0.15) is 0 Å². The minimum Gasteiger partial charge on any atom is -0.337 e. The molecule has 6 heteroatoms. The zero-order valence-electron chi connectivity index (χ0n) is 16.9. The molecule has 0 N–H and O–H groups in total. The normalized spacial score (nSPS) is 18.9. The van der Waals surface area contributed by atoms with Crippen LogP contribution in [0.15, 0.2) is 24.3 Å². The molecule has 0 unspecified atom stereocenters. The number of hydrogen-bond acceptors (Lipinski definition) is 3. The first-order chi connectivity index (χ1) is 14.2. The van der Waals surface area contributed by atoms with E-state index < -0.39 is 0 Å². The van der Waals surface area contributed by atoms with Crippen LogP contribution < -0.4 is 4.90 Å². The molecule has 5 rings (SSSR count). The number of nitrogens with zero attached hydrogens (tertiary/aromatic N) is 4. The van der Waals surface area contributed by atoms with Gasteiger partial charge >= 0.3 is 0 Å². The van der Waals surface area contributed by atoms with Crippen LogP contribution in [0.5, 0.6) is 0 Å². The summed E-state index contributed by atoms with van der Waals surface area (Å²) in [6.45, 7) is 3.05. The van der Waals surface area contributed by atoms with Gasteiger partial charge < -0.3 is 14.4 Å². The largest absolute Gasteiger partial charge is 0.337 e. The van der Waals surface area contributed by atoms with Crippen LogP contribution in [0.2, 0.25) is 0 Å². The number of rotatable bonds is 2. The van der Waals surface area contributed by atoms with Gasteiger partial charge in [-0.1, -0.05) is 31.0 Å². The first-order valence-electron chi connectivity index (χ1n) is 11.0. The Morgan fingerprint density at radius 1 is 0.793 bits per heavy atom. The number of benzene rings is 1. The Balaban J connectivity index is 1.49. The number of fused-ring (bicyclic) bond motifs is 2. The summed E-state index contributed by atoms with van der Waals surface area (Å²) < 4.78 is 2.03. The summed E-state index contributed by atoms with van der Waals surface area (Å²) in [6, 6.07) is 8.07. The monoisotopic (exact) mass is 392 g/mol. The smallest absolute Gasteiger partial charge is 0.294 e. The number of likely N-dealkylation sites (tertiary alicyclic amines) is 1. The lowest BCUT2D eigenvalue weighted by atomic mass is 10.1. The molecule has 1 aromatic heterocycles. The van der Waals surface area contributed by atoms with Gasteiger partial charge in [0.25, 0.3) is 11.8 Å². The summed E-state index contributed by atoms with van der Waals surface area (Å²) in [5.41, 5.74) is 3.65. The maximum atomic E-state index is 13.5. The van der Waals surface area contributed by atoms with Crippen LogP contribution in [0.4, 0.5) is 5.69 Å². The molecular formula is C23H28N4O2. The molecular weight excluding hydrogens is 364 g/mol. The highest BCUT2D eigenvalue weighted by atomic mass is 16.2. The second-order valence-corrected chi connectivity index (χ2v) is 8.38. The van der Waals surface area contributed by atoms with E-state index in [0.717, 1.165) is 69.5 Å². The highest BCUT2D eigenvalue weighted by Crippen LogP contribution is 2.30. The van der Waals surface area contributed by atoms with Crippen molar-refractivity contribution in [3.05, 3.63) is 47.0 Å². The molecule has 1 saturated heterocycles. The van der Waals surface area contributed by atoms with Gasteiger partial charge in [0.2, 0.25) is 5.82 Å². The van der Waals surface area contributed by atoms with Gasteiger partial charge in [-0.15, -0.1) is 0 Å². The van der Waals surface area contributed by atoms with E-state index in [4.69, 9.17) is 4.98 Å². The quantitative estimate of drug-likeness (QED) is 0.787. The number of anilines is 1. The fraction of sp³-hybridized carbons (Fsp3) is 0.522. The van der Waals surface area contributed by atoms with E-state index in [1.54, 1.807) is 0 Å². The van der Waals surface area contributed by atoms with Crippen molar-refractivity contribution in [2.24, 2.45) is 0 Å². The van der Waals surface area contributed by atoms with E-state index >= 15 is 0 Å². The third-order valence-electron chi connectivity index (χ3n) is 6.54. The van der Waals surface area contributed by atoms with E-state index in [1.807, 2.05) is 32.6 Å². The highest BCUT2D eigenvalue weighted by Gasteiger charge is 2.34. The number of para-hydroxylation sites is 1. The number of carbonyl (C=O) groups excluding carboxylic acids is 2. The molecule has 3 aliphatic heterocycles. The molecule has 0 radical (unpaired) electrons. The Labute approximate surface area is 171 Å². The maximum absolute atomic E-state index is 13.5. The molecule has 29 heavy (non-hydrogen) atoms. The lowest BCUT2D eigenvalue weighted by Crippen LogP contribution is -2.33. The Hall–Kier alpha value is -2.63. The lowest BCUT2D eigenvalue weighted by molar-refractivity contribution is 0.0754. The van der Waals surface area contributed by atoms with E-state index in [0.29, 0.717) is 18.1 Å². The van der Waals surface area contributed by atoms with Crippen LogP contribution >= 0.6 is 0 Å². The van der Waals surface area contributed by atoms with Gasteiger partial charge in [-0.25, -0.2) is 4.98 Å². The summed E-state index contributed by atoms with van der Waals surface area (Å²) in [4.78, 5) is 35.2. The molecule has 6 nitrogen and oxygen atoms in total. The number of carbonyl (C=O) groups is 2. The number of hydrogen-bond donors (Lipinski definition) is 0. The average Bonchev–Trinajstić information content (AvgIpc) is 3.25. The molecule has 0 saturated carbocycles. The Bertz CT molecular complexity index is 940. The summed E-state index contributed by atoms with van der Waals surface area (Å²) in [7, 11) is 0. The maximum Gasteiger partial charge on any atom is 0.294 e. The van der Waals surface area contributed by atoms with Crippen molar-refractivity contribution in [2.45, 2.75) is 57.9 Å². The van der Waals surface area contributed by atoms with Crippen molar-refractivity contribution in [3.8, 4) is 0 Å². The lowest BCUT2D eigenvalue weighted by Gasteiger charge is -2.22. The number of imidazole rings is 1. The minimum absolute atomic E-state index is 0.0124. The molecule has 1 aromatic carbocycles. The Kier molecular flexibility index (Phi) is 4.86. The molecule has 2 amide bonds. The molecule has 0 bridgehead atoms. The van der Waals surface area contributed by atoms with Crippen molar-refractivity contribution in [2.75, 3.05) is 24.5 Å². The van der Waals surface area contributed by atoms with E-state index in [-0.39, 0.29) is 11.8 Å². The Morgan fingerprint density at radius 3 is 2.38 bits per heavy atom. The van der Waals surface area contributed by atoms with Crippen LogP contribution in [0, 0.1) is 0 Å². The minimum atomic E-state index is -0.0759. The molecule has 1 fully saturated rings. The zero-order valence-corrected chi connectivity index (χ0v) is 16.9. The summed E-state index contributed by atoms with van der Waals surface area (Å²) >= 11 is 0. The van der Waals surface area contributed by atoms with Crippen molar-refractivity contribution >= 4 is 17.5 Å². The number of amides is 2. The van der Waals surface area contributed by atoms with Gasteiger partial charge in [-0.3, -0.25) is 9.59 Å². The summed E-state index contributed by atoms with van der Waals surface area (Å²) in [6.07, 6.45) is 8.24. The average molecular weight is 393 g/mol. The van der Waals surface area contributed by atoms with Crippen LogP contribution in [0.1, 0.15) is 70.9 Å². The SMILES string of the molecule is O=C(c1nc(C(=O)N2CCc3ccccc32)n2c1CCCC2)N1CCCCCC1. The van der Waals surface area contributed by atoms with E-state index in [1.165, 1.54) is 18.4 Å². The van der Waals surface area contributed by atoms with E-state index in [2.05, 4.69) is 6.07 Å². The van der Waals surface area contributed by atoms with Crippen molar-refractivity contribution < 1.29 is 9.59 Å². The number of aromatic nitrogens is 2. The van der Waals surface area contributed by atoms with Gasteiger partial charge in [0, 0.05) is 31.9 Å². The molecule has 3 aliphatic rings. The van der Waals surface area contributed by atoms with Crippen molar-refractivity contribution in [1.82, 2.24) is 14.5 Å². The first-order valence-corrected chi connectivity index (χ1v) is 11.0. The summed E-state index contributed by atoms with van der Waals surface area (Å²) in [5.74, 6) is 0.376. The van der Waals surface area contributed by atoms with Crippen molar-refractivity contribution in [3.63, 3.8) is 0 Å². The second kappa shape index (κ2) is 7.65. The highest BCUT2D eigenvalue weighted by molar-refractivity contribution is 6.06. The molecule has 0 aliphatic carbocycles. The van der Waals surface area contributed by atoms with Crippen molar-refractivity contribution in [1.29, 1.82) is 0 Å². The third kappa shape index (κ3) is 3.24. The van der Waals surface area contributed by atoms with Gasteiger partial charge in [-0.05, 0) is 50.2 Å². The molecule has 0 spiro atoms. The summed E-state index contributed by atoms with van der Waals surface area (Å²) in [5, 5.41) is 0. The fourth-order valence-electron chi connectivity index (χ4n) is 4.97. The fourth-order valence-corrected chi connectivity index (χ4v) is 4.97. The topological polar surface area (TPSA) is 58.4 Å². The zero-order chi connectivity index (χ0) is 19.8. The van der Waals surface area contributed by atoms with Crippen LogP contribution in [0.3, 0.4) is 0 Å². The molecule has 0 atom stereocenters. The third-order valence-corrected chi connectivity index (χ3v) is 6.54. The van der Waals surface area contributed by atoms with Gasteiger partial charge in [0.15, 0.2) is 0 Å².